The molecule has 3 aromatic heterocycles. The number of carbonyl (C=O) groups is 1. The van der Waals surface area contributed by atoms with E-state index in [4.69, 9.17) is 9.26 Å². The third-order valence-corrected chi connectivity index (χ3v) is 5.37. The summed E-state index contributed by atoms with van der Waals surface area (Å²) in [6, 6.07) is 16.9. The number of carbonyl (C=O) groups excluding carboxylic acids is 1. The van der Waals surface area contributed by atoms with Crippen molar-refractivity contribution in [2.45, 2.75) is 16.5 Å². The van der Waals surface area contributed by atoms with Crippen molar-refractivity contribution < 1.29 is 14.1 Å². The van der Waals surface area contributed by atoms with Crippen LogP contribution >= 0.6 is 23.1 Å². The number of nitrogens with zero attached hydrogens (tertiary/aromatic N) is 3. The molecule has 0 N–H and O–H groups in total. The van der Waals surface area contributed by atoms with Crippen LogP contribution in [0.2, 0.25) is 0 Å². The summed E-state index contributed by atoms with van der Waals surface area (Å²) in [5.41, 5.74) is 0.397. The van der Waals surface area contributed by atoms with Crippen molar-refractivity contribution in [1.82, 2.24) is 15.1 Å². The van der Waals surface area contributed by atoms with Crippen molar-refractivity contribution in [3.63, 3.8) is 0 Å². The van der Waals surface area contributed by atoms with Crippen LogP contribution in [0, 0.1) is 0 Å². The van der Waals surface area contributed by atoms with Gasteiger partial charge in [-0.3, -0.25) is 0 Å². The standard InChI is InChI=1S/C19H13N3O3S2/c23-19(24-12-16-21-17(25-22-16)15-9-5-11-26-15)14-8-4-10-20-18(14)27-13-6-2-1-3-7-13/h1-11H,12H2. The maximum absolute atomic E-state index is 12.5. The van der Waals surface area contributed by atoms with Gasteiger partial charge in [-0.2, -0.15) is 4.98 Å². The lowest BCUT2D eigenvalue weighted by molar-refractivity contribution is 0.0454. The molecule has 4 aromatic rings. The summed E-state index contributed by atoms with van der Waals surface area (Å²) in [5.74, 6) is 0.245. The lowest BCUT2D eigenvalue weighted by Crippen LogP contribution is -2.08. The molecule has 0 aliphatic rings. The molecule has 0 radical (unpaired) electrons. The minimum Gasteiger partial charge on any atom is -0.454 e. The van der Waals surface area contributed by atoms with Crippen LogP contribution in [0.25, 0.3) is 10.8 Å². The van der Waals surface area contributed by atoms with E-state index >= 15 is 0 Å². The van der Waals surface area contributed by atoms with Crippen LogP contribution < -0.4 is 0 Å². The van der Waals surface area contributed by atoms with E-state index in [0.29, 0.717) is 22.3 Å². The summed E-state index contributed by atoms with van der Waals surface area (Å²) >= 11 is 2.90. The van der Waals surface area contributed by atoms with Gasteiger partial charge in [0.05, 0.1) is 10.4 Å². The van der Waals surface area contributed by atoms with E-state index in [9.17, 15) is 4.79 Å². The smallest absolute Gasteiger partial charge is 0.341 e. The second-order valence-corrected chi connectivity index (χ2v) is 7.35. The predicted octanol–water partition coefficient (Wildman–Crippen LogP) is 4.70. The Kier molecular flexibility index (Phi) is 5.27. The van der Waals surface area contributed by atoms with Gasteiger partial charge in [0, 0.05) is 11.1 Å². The highest BCUT2D eigenvalue weighted by Gasteiger charge is 2.17. The minimum atomic E-state index is -0.482. The van der Waals surface area contributed by atoms with Gasteiger partial charge in [0.15, 0.2) is 6.61 Å². The van der Waals surface area contributed by atoms with E-state index in [1.54, 1.807) is 18.3 Å². The molecule has 3 heterocycles. The van der Waals surface area contributed by atoms with Crippen LogP contribution in [0.15, 0.2) is 80.6 Å². The van der Waals surface area contributed by atoms with Gasteiger partial charge in [-0.1, -0.05) is 41.2 Å². The molecule has 0 aliphatic carbocycles. The van der Waals surface area contributed by atoms with Crippen LogP contribution in [-0.4, -0.2) is 21.1 Å². The summed E-state index contributed by atoms with van der Waals surface area (Å²) in [5, 5.41) is 6.36. The van der Waals surface area contributed by atoms with Crippen molar-refractivity contribution in [2.24, 2.45) is 0 Å². The highest BCUT2D eigenvalue weighted by Crippen LogP contribution is 2.29. The van der Waals surface area contributed by atoms with Crippen LogP contribution in [-0.2, 0) is 11.3 Å². The summed E-state index contributed by atoms with van der Waals surface area (Å²) in [4.78, 5) is 22.9. The molecular formula is C19H13N3O3S2. The van der Waals surface area contributed by atoms with Crippen molar-refractivity contribution in [3.8, 4) is 10.8 Å². The minimum absolute atomic E-state index is 0.0714. The normalized spacial score (nSPS) is 10.7. The number of aromatic nitrogens is 3. The van der Waals surface area contributed by atoms with Gasteiger partial charge >= 0.3 is 5.97 Å². The summed E-state index contributed by atoms with van der Waals surface area (Å²) in [7, 11) is 0. The first-order valence-corrected chi connectivity index (χ1v) is 9.71. The third kappa shape index (κ3) is 4.24. The van der Waals surface area contributed by atoms with E-state index < -0.39 is 5.97 Å². The number of pyridine rings is 1. The Hall–Kier alpha value is -2.97. The maximum Gasteiger partial charge on any atom is 0.341 e. The first kappa shape index (κ1) is 17.4. The zero-order valence-electron chi connectivity index (χ0n) is 13.9. The van der Waals surface area contributed by atoms with Gasteiger partial charge < -0.3 is 9.26 Å². The molecule has 4 rings (SSSR count). The summed E-state index contributed by atoms with van der Waals surface area (Å²) < 4.78 is 10.5. The maximum atomic E-state index is 12.5. The monoisotopic (exact) mass is 395 g/mol. The number of esters is 1. The molecule has 0 saturated carbocycles. The van der Waals surface area contributed by atoms with Crippen LogP contribution in [0.1, 0.15) is 16.2 Å². The molecule has 0 aliphatic heterocycles. The molecule has 1 aromatic carbocycles. The van der Waals surface area contributed by atoms with Crippen LogP contribution in [0.3, 0.4) is 0 Å². The van der Waals surface area contributed by atoms with E-state index in [-0.39, 0.29) is 6.61 Å². The van der Waals surface area contributed by atoms with Crippen molar-refractivity contribution in [1.29, 1.82) is 0 Å². The third-order valence-electron chi connectivity index (χ3n) is 3.48. The van der Waals surface area contributed by atoms with Gasteiger partial charge in [0.2, 0.25) is 5.82 Å². The number of hydrogen-bond donors (Lipinski definition) is 0. The van der Waals surface area contributed by atoms with Crippen molar-refractivity contribution in [3.05, 3.63) is 77.6 Å². The Bertz CT molecular complexity index is 1030. The number of thiophene rings is 1. The quantitative estimate of drug-likeness (QED) is 0.438. The molecule has 0 saturated heterocycles. The van der Waals surface area contributed by atoms with Crippen molar-refractivity contribution in [2.75, 3.05) is 0 Å². The molecule has 0 unspecified atom stereocenters. The molecular weight excluding hydrogens is 382 g/mol. The van der Waals surface area contributed by atoms with E-state index in [0.717, 1.165) is 9.77 Å². The first-order valence-electron chi connectivity index (χ1n) is 8.01. The Morgan fingerprint density at radius 3 is 2.81 bits per heavy atom. The highest BCUT2D eigenvalue weighted by molar-refractivity contribution is 7.99. The van der Waals surface area contributed by atoms with E-state index in [1.165, 1.54) is 23.1 Å². The Morgan fingerprint density at radius 2 is 2.00 bits per heavy atom. The number of rotatable bonds is 6. The SMILES string of the molecule is O=C(OCc1noc(-c2cccs2)n1)c1cccnc1Sc1ccccc1. The Labute approximate surface area is 163 Å². The second kappa shape index (κ2) is 8.15. The van der Waals surface area contributed by atoms with Gasteiger partial charge in [-0.25, -0.2) is 9.78 Å². The molecule has 8 heteroatoms. The molecule has 0 fully saturated rings. The molecule has 6 nitrogen and oxygen atoms in total. The summed E-state index contributed by atoms with van der Waals surface area (Å²) in [6.07, 6.45) is 1.65. The molecule has 0 amide bonds. The Morgan fingerprint density at radius 1 is 1.11 bits per heavy atom. The van der Waals surface area contributed by atoms with Crippen LogP contribution in [0.5, 0.6) is 0 Å². The molecule has 0 bridgehead atoms. The predicted molar refractivity (Wildman–Crippen MR) is 102 cm³/mol. The zero-order valence-corrected chi connectivity index (χ0v) is 15.6. The van der Waals surface area contributed by atoms with E-state index in [1.807, 2.05) is 47.8 Å². The number of benzene rings is 1. The average Bonchev–Trinajstić information content (AvgIpc) is 3.39. The van der Waals surface area contributed by atoms with Gasteiger partial charge in [-0.15, -0.1) is 11.3 Å². The molecule has 0 atom stereocenters. The van der Waals surface area contributed by atoms with E-state index in [2.05, 4.69) is 15.1 Å². The lowest BCUT2D eigenvalue weighted by Gasteiger charge is -2.07. The molecule has 27 heavy (non-hydrogen) atoms. The molecule has 0 spiro atoms. The Balaban J connectivity index is 1.44. The van der Waals surface area contributed by atoms with Gasteiger partial charge in [0.1, 0.15) is 5.03 Å². The van der Waals surface area contributed by atoms with Crippen molar-refractivity contribution >= 4 is 29.1 Å². The lowest BCUT2D eigenvalue weighted by atomic mass is 10.3. The fraction of sp³-hybridized carbons (Fsp3) is 0.0526. The van der Waals surface area contributed by atoms with Gasteiger partial charge in [-0.05, 0) is 35.7 Å². The van der Waals surface area contributed by atoms with Crippen LogP contribution in [0.4, 0.5) is 0 Å². The van der Waals surface area contributed by atoms with Gasteiger partial charge in [0.25, 0.3) is 5.89 Å². The second-order valence-electron chi connectivity index (χ2n) is 5.34. The fourth-order valence-corrected chi connectivity index (χ4v) is 3.78. The number of hydrogen-bond acceptors (Lipinski definition) is 8. The summed E-state index contributed by atoms with van der Waals surface area (Å²) in [6.45, 7) is -0.0714. The molecule has 134 valence electrons. The zero-order chi connectivity index (χ0) is 18.5. The first-order chi connectivity index (χ1) is 13.3. The largest absolute Gasteiger partial charge is 0.454 e. The highest BCUT2D eigenvalue weighted by atomic mass is 32.2. The fourth-order valence-electron chi connectivity index (χ4n) is 2.25. The topological polar surface area (TPSA) is 78.1 Å². The number of ether oxygens (including phenoxy) is 1. The average molecular weight is 395 g/mol.